The van der Waals surface area contributed by atoms with Gasteiger partial charge in [0.05, 0.1) is 12.2 Å². The fourth-order valence-corrected chi connectivity index (χ4v) is 2.54. The third kappa shape index (κ3) is 3.06. The van der Waals surface area contributed by atoms with Crippen LogP contribution in [-0.2, 0) is 4.74 Å². The molecule has 2 N–H and O–H groups in total. The van der Waals surface area contributed by atoms with Gasteiger partial charge in [-0.3, -0.25) is 4.90 Å². The van der Waals surface area contributed by atoms with Crippen LogP contribution < -0.4 is 5.73 Å². The van der Waals surface area contributed by atoms with Crippen molar-refractivity contribution in [3.05, 3.63) is 30.1 Å². The summed E-state index contributed by atoms with van der Waals surface area (Å²) in [6.45, 7) is 5.70. The second kappa shape index (κ2) is 6.24. The van der Waals surface area contributed by atoms with Crippen molar-refractivity contribution < 1.29 is 9.26 Å². The number of nitrogens with zero attached hydrogens (tertiary/aromatic N) is 3. The zero-order valence-electron chi connectivity index (χ0n) is 12.2. The van der Waals surface area contributed by atoms with E-state index >= 15 is 0 Å². The maximum atomic E-state index is 5.93. The van der Waals surface area contributed by atoms with Crippen LogP contribution in [0.5, 0.6) is 0 Å². The second-order valence-electron chi connectivity index (χ2n) is 5.21. The van der Waals surface area contributed by atoms with Crippen LogP contribution in [0.25, 0.3) is 11.5 Å². The van der Waals surface area contributed by atoms with Crippen LogP contribution in [-0.4, -0.2) is 41.3 Å². The molecule has 1 aliphatic heterocycles. The van der Waals surface area contributed by atoms with E-state index in [0.717, 1.165) is 31.6 Å². The van der Waals surface area contributed by atoms with E-state index in [2.05, 4.69) is 22.0 Å². The van der Waals surface area contributed by atoms with Gasteiger partial charge in [-0.25, -0.2) is 0 Å². The van der Waals surface area contributed by atoms with Gasteiger partial charge >= 0.3 is 0 Å². The van der Waals surface area contributed by atoms with Crippen molar-refractivity contribution in [3.8, 4) is 11.5 Å². The number of anilines is 1. The Hall–Kier alpha value is -1.92. The van der Waals surface area contributed by atoms with Gasteiger partial charge in [0.15, 0.2) is 0 Å². The van der Waals surface area contributed by atoms with E-state index in [-0.39, 0.29) is 6.10 Å². The van der Waals surface area contributed by atoms with E-state index in [4.69, 9.17) is 15.0 Å². The van der Waals surface area contributed by atoms with Crippen LogP contribution >= 0.6 is 0 Å². The molecule has 0 radical (unpaired) electrons. The summed E-state index contributed by atoms with van der Waals surface area (Å²) in [6, 6.07) is 7.47. The van der Waals surface area contributed by atoms with Crippen LogP contribution in [0.4, 0.5) is 5.69 Å². The molecule has 1 atom stereocenters. The molecular weight excluding hydrogens is 268 g/mol. The fourth-order valence-electron chi connectivity index (χ4n) is 2.54. The monoisotopic (exact) mass is 288 g/mol. The van der Waals surface area contributed by atoms with Gasteiger partial charge < -0.3 is 15.0 Å². The summed E-state index contributed by atoms with van der Waals surface area (Å²) in [7, 11) is 0. The van der Waals surface area contributed by atoms with Crippen molar-refractivity contribution in [3.63, 3.8) is 0 Å². The van der Waals surface area contributed by atoms with E-state index in [1.165, 1.54) is 0 Å². The number of ether oxygens (including phenoxy) is 1. The van der Waals surface area contributed by atoms with Gasteiger partial charge in [0, 0.05) is 18.8 Å². The van der Waals surface area contributed by atoms with Crippen molar-refractivity contribution in [2.75, 3.05) is 32.0 Å². The second-order valence-corrected chi connectivity index (χ2v) is 5.21. The fraction of sp³-hybridized carbons (Fsp3) is 0.467. The minimum Gasteiger partial charge on any atom is -0.398 e. The predicted octanol–water partition coefficient (Wildman–Crippen LogP) is 2.10. The molecule has 1 fully saturated rings. The number of aromatic nitrogens is 2. The van der Waals surface area contributed by atoms with Gasteiger partial charge in [-0.2, -0.15) is 4.98 Å². The number of para-hydroxylation sites is 1. The first-order valence-electron chi connectivity index (χ1n) is 7.30. The molecule has 21 heavy (non-hydrogen) atoms. The van der Waals surface area contributed by atoms with Crippen molar-refractivity contribution in [2.45, 2.75) is 19.4 Å². The summed E-state index contributed by atoms with van der Waals surface area (Å²) >= 11 is 0. The Morgan fingerprint density at radius 2 is 2.24 bits per heavy atom. The summed E-state index contributed by atoms with van der Waals surface area (Å²) in [4.78, 5) is 6.81. The normalized spacial score (nSPS) is 19.8. The molecule has 0 amide bonds. The lowest BCUT2D eigenvalue weighted by atomic mass is 10.2. The highest BCUT2D eigenvalue weighted by molar-refractivity contribution is 5.69. The van der Waals surface area contributed by atoms with Crippen LogP contribution in [0.3, 0.4) is 0 Å². The van der Waals surface area contributed by atoms with Crippen molar-refractivity contribution in [1.82, 2.24) is 15.0 Å². The summed E-state index contributed by atoms with van der Waals surface area (Å²) in [5.74, 6) is 1.04. The highest BCUT2D eigenvalue weighted by Crippen LogP contribution is 2.26. The van der Waals surface area contributed by atoms with E-state index in [9.17, 15) is 0 Å². The Balaban J connectivity index is 1.77. The molecule has 1 saturated heterocycles. The number of hydrogen-bond donors (Lipinski definition) is 1. The third-order valence-corrected chi connectivity index (χ3v) is 3.61. The molecule has 112 valence electrons. The van der Waals surface area contributed by atoms with Gasteiger partial charge in [-0.1, -0.05) is 24.2 Å². The van der Waals surface area contributed by atoms with Crippen LogP contribution in [0.1, 0.15) is 25.3 Å². The Bertz CT molecular complexity index is 597. The van der Waals surface area contributed by atoms with E-state index < -0.39 is 0 Å². The van der Waals surface area contributed by atoms with Crippen LogP contribution in [0, 0.1) is 0 Å². The van der Waals surface area contributed by atoms with E-state index in [1.807, 2.05) is 24.3 Å². The number of hydrogen-bond acceptors (Lipinski definition) is 6. The molecule has 1 aromatic heterocycles. The van der Waals surface area contributed by atoms with Crippen molar-refractivity contribution in [2.24, 2.45) is 0 Å². The predicted molar refractivity (Wildman–Crippen MR) is 79.6 cm³/mol. The first-order chi connectivity index (χ1) is 10.3. The topological polar surface area (TPSA) is 77.4 Å². The molecule has 1 aliphatic rings. The quantitative estimate of drug-likeness (QED) is 0.868. The molecule has 6 heteroatoms. The molecule has 6 nitrogen and oxygen atoms in total. The number of benzene rings is 1. The summed E-state index contributed by atoms with van der Waals surface area (Å²) in [5.41, 5.74) is 7.33. The van der Waals surface area contributed by atoms with Gasteiger partial charge in [-0.05, 0) is 25.1 Å². The van der Waals surface area contributed by atoms with Crippen LogP contribution in [0.2, 0.25) is 0 Å². The maximum absolute atomic E-state index is 5.93. The van der Waals surface area contributed by atoms with Crippen molar-refractivity contribution in [1.29, 1.82) is 0 Å². The number of nitrogens with two attached hydrogens (primary N) is 1. The standard InChI is InChI=1S/C15H20N4O2/c1-2-7-19-8-9-20-13(10-19)14-17-15(21-18-14)11-5-3-4-6-12(11)16/h3-6,13H,2,7-10,16H2,1H3. The average molecular weight is 288 g/mol. The first-order valence-corrected chi connectivity index (χ1v) is 7.30. The first kappa shape index (κ1) is 14.0. The minimum atomic E-state index is -0.132. The van der Waals surface area contributed by atoms with E-state index in [0.29, 0.717) is 24.0 Å². The zero-order chi connectivity index (χ0) is 14.7. The van der Waals surface area contributed by atoms with Gasteiger partial charge in [0.1, 0.15) is 6.10 Å². The number of morpholine rings is 1. The summed E-state index contributed by atoms with van der Waals surface area (Å²) in [6.07, 6.45) is 0.998. The molecule has 1 unspecified atom stereocenters. The largest absolute Gasteiger partial charge is 0.398 e. The number of rotatable bonds is 4. The van der Waals surface area contributed by atoms with Gasteiger partial charge in [0.25, 0.3) is 5.89 Å². The molecule has 0 saturated carbocycles. The SMILES string of the molecule is CCCN1CCOC(c2noc(-c3ccccc3N)n2)C1. The Morgan fingerprint density at radius 3 is 3.05 bits per heavy atom. The van der Waals surface area contributed by atoms with Gasteiger partial charge in [0.2, 0.25) is 5.82 Å². The molecule has 0 aliphatic carbocycles. The van der Waals surface area contributed by atoms with Crippen LogP contribution in [0.15, 0.2) is 28.8 Å². The van der Waals surface area contributed by atoms with Crippen molar-refractivity contribution >= 4 is 5.69 Å². The summed E-state index contributed by atoms with van der Waals surface area (Å²) in [5, 5.41) is 4.06. The highest BCUT2D eigenvalue weighted by atomic mass is 16.5. The molecule has 0 bridgehead atoms. The molecular formula is C15H20N4O2. The molecule has 0 spiro atoms. The molecule has 2 aromatic rings. The Morgan fingerprint density at radius 1 is 1.38 bits per heavy atom. The van der Waals surface area contributed by atoms with E-state index in [1.54, 1.807) is 0 Å². The average Bonchev–Trinajstić information content (AvgIpc) is 2.98. The lowest BCUT2D eigenvalue weighted by molar-refractivity contribution is -0.0350. The smallest absolute Gasteiger partial charge is 0.260 e. The van der Waals surface area contributed by atoms with Gasteiger partial charge in [-0.15, -0.1) is 0 Å². The molecule has 2 heterocycles. The number of nitrogen functional groups attached to an aromatic ring is 1. The minimum absolute atomic E-state index is 0.132. The lowest BCUT2D eigenvalue weighted by Gasteiger charge is -2.30. The Kier molecular flexibility index (Phi) is 4.17. The molecule has 3 rings (SSSR count). The summed E-state index contributed by atoms with van der Waals surface area (Å²) < 4.78 is 11.1. The third-order valence-electron chi connectivity index (χ3n) is 3.61. The zero-order valence-corrected chi connectivity index (χ0v) is 12.2. The Labute approximate surface area is 123 Å². The highest BCUT2D eigenvalue weighted by Gasteiger charge is 2.26. The maximum Gasteiger partial charge on any atom is 0.260 e. The molecule has 1 aromatic carbocycles. The lowest BCUT2D eigenvalue weighted by Crippen LogP contribution is -2.39.